The number of amides is 1. The fourth-order valence-electron chi connectivity index (χ4n) is 3.54. The van der Waals surface area contributed by atoms with Gasteiger partial charge >= 0.3 is 0 Å². The van der Waals surface area contributed by atoms with Crippen LogP contribution in [0, 0.1) is 6.92 Å². The van der Waals surface area contributed by atoms with E-state index in [4.69, 9.17) is 0 Å². The second kappa shape index (κ2) is 7.64. The van der Waals surface area contributed by atoms with E-state index in [2.05, 4.69) is 39.7 Å². The van der Waals surface area contributed by atoms with Gasteiger partial charge < -0.3 is 5.32 Å². The summed E-state index contributed by atoms with van der Waals surface area (Å²) in [5, 5.41) is 10.00. The molecule has 5 heteroatoms. The molecule has 1 unspecified atom stereocenters. The van der Waals surface area contributed by atoms with E-state index in [1.807, 2.05) is 55.1 Å². The zero-order chi connectivity index (χ0) is 19.5. The molecule has 140 valence electrons. The molecular formula is C23H22N4O. The molecule has 2 heterocycles. The van der Waals surface area contributed by atoms with Crippen LogP contribution in [0.2, 0.25) is 0 Å². The van der Waals surface area contributed by atoms with Crippen LogP contribution < -0.4 is 5.32 Å². The number of hydrogen-bond acceptors (Lipinski definition) is 3. The molecule has 5 nitrogen and oxygen atoms in total. The molecule has 0 aliphatic carbocycles. The normalized spacial score (nSPS) is 12.1. The number of rotatable bonds is 5. The van der Waals surface area contributed by atoms with E-state index in [9.17, 15) is 4.79 Å². The molecule has 1 amide bonds. The van der Waals surface area contributed by atoms with Crippen molar-refractivity contribution in [3.8, 4) is 5.69 Å². The van der Waals surface area contributed by atoms with E-state index in [-0.39, 0.29) is 11.9 Å². The maximum Gasteiger partial charge on any atom is 0.224 e. The molecule has 28 heavy (non-hydrogen) atoms. The number of benzene rings is 2. The quantitative estimate of drug-likeness (QED) is 0.574. The third-order valence-electron chi connectivity index (χ3n) is 4.97. The molecule has 4 aromatic rings. The van der Waals surface area contributed by atoms with E-state index in [0.29, 0.717) is 6.42 Å². The van der Waals surface area contributed by atoms with Crippen LogP contribution in [-0.4, -0.2) is 20.7 Å². The van der Waals surface area contributed by atoms with Gasteiger partial charge in [-0.25, -0.2) is 4.68 Å². The fourth-order valence-corrected chi connectivity index (χ4v) is 3.54. The summed E-state index contributed by atoms with van der Waals surface area (Å²) >= 11 is 0. The van der Waals surface area contributed by atoms with Crippen LogP contribution in [0.15, 0.2) is 73.2 Å². The van der Waals surface area contributed by atoms with Gasteiger partial charge in [-0.1, -0.05) is 42.5 Å². The highest BCUT2D eigenvalue weighted by atomic mass is 16.1. The molecule has 1 atom stereocenters. The second-order valence-corrected chi connectivity index (χ2v) is 6.92. The zero-order valence-electron chi connectivity index (χ0n) is 16.0. The first-order valence-corrected chi connectivity index (χ1v) is 9.34. The molecule has 0 aliphatic rings. The Kier molecular flexibility index (Phi) is 4.89. The van der Waals surface area contributed by atoms with Gasteiger partial charge in [0.25, 0.3) is 0 Å². The van der Waals surface area contributed by atoms with Gasteiger partial charge in [0.1, 0.15) is 0 Å². The summed E-state index contributed by atoms with van der Waals surface area (Å²) < 4.78 is 1.95. The molecule has 0 saturated heterocycles. The Labute approximate surface area is 164 Å². The van der Waals surface area contributed by atoms with Crippen LogP contribution in [0.4, 0.5) is 0 Å². The number of hydrogen-bond donors (Lipinski definition) is 1. The van der Waals surface area contributed by atoms with Crippen LogP contribution in [0.3, 0.4) is 0 Å². The first-order valence-electron chi connectivity index (χ1n) is 9.34. The van der Waals surface area contributed by atoms with Crippen LogP contribution in [0.5, 0.6) is 0 Å². The monoisotopic (exact) mass is 370 g/mol. The van der Waals surface area contributed by atoms with Gasteiger partial charge in [-0.3, -0.25) is 9.78 Å². The van der Waals surface area contributed by atoms with Gasteiger partial charge in [0, 0.05) is 29.0 Å². The van der Waals surface area contributed by atoms with Crippen molar-refractivity contribution < 1.29 is 4.79 Å². The summed E-state index contributed by atoms with van der Waals surface area (Å²) in [4.78, 5) is 16.5. The average Bonchev–Trinajstić information content (AvgIpc) is 3.09. The predicted molar refractivity (Wildman–Crippen MR) is 110 cm³/mol. The van der Waals surface area contributed by atoms with Gasteiger partial charge in [0.2, 0.25) is 5.91 Å². The lowest BCUT2D eigenvalue weighted by Crippen LogP contribution is -2.28. The average molecular weight is 370 g/mol. The number of nitrogens with one attached hydrogen (secondary N) is 1. The number of carbonyl (C=O) groups is 1. The molecule has 2 aromatic carbocycles. The number of nitrogens with zero attached hydrogens (tertiary/aromatic N) is 3. The van der Waals surface area contributed by atoms with E-state index >= 15 is 0 Å². The highest BCUT2D eigenvalue weighted by Crippen LogP contribution is 2.25. The van der Waals surface area contributed by atoms with Crippen molar-refractivity contribution in [1.82, 2.24) is 20.1 Å². The van der Waals surface area contributed by atoms with E-state index in [1.54, 1.807) is 12.4 Å². The molecule has 4 rings (SSSR count). The summed E-state index contributed by atoms with van der Waals surface area (Å²) in [6, 6.07) is 18.1. The molecule has 0 spiro atoms. The summed E-state index contributed by atoms with van der Waals surface area (Å²) in [6.07, 6.45) is 5.57. The molecule has 1 N–H and O–H groups in total. The molecule has 0 aliphatic heterocycles. The smallest absolute Gasteiger partial charge is 0.224 e. The van der Waals surface area contributed by atoms with Crippen LogP contribution in [-0.2, 0) is 11.2 Å². The Hall–Kier alpha value is -3.47. The number of aromatic nitrogens is 3. The van der Waals surface area contributed by atoms with Crippen molar-refractivity contribution in [1.29, 1.82) is 0 Å². The van der Waals surface area contributed by atoms with Crippen LogP contribution >= 0.6 is 0 Å². The molecule has 0 saturated carbocycles. The lowest BCUT2D eigenvalue weighted by Gasteiger charge is -2.15. The van der Waals surface area contributed by atoms with E-state index in [0.717, 1.165) is 27.9 Å². The Morgan fingerprint density at radius 3 is 2.71 bits per heavy atom. The first kappa shape index (κ1) is 17.9. The second-order valence-electron chi connectivity index (χ2n) is 6.92. The van der Waals surface area contributed by atoms with E-state index < -0.39 is 0 Å². The van der Waals surface area contributed by atoms with Gasteiger partial charge in [-0.05, 0) is 36.9 Å². The standard InChI is InChI=1S/C23H22N4O/c1-16(26-23(28)13-18-7-6-12-24-14-18)21-15-25-27(17(21)2)22-11-5-9-19-8-3-4-10-20(19)22/h3-12,14-16H,13H2,1-2H3,(H,26,28). The highest BCUT2D eigenvalue weighted by Gasteiger charge is 2.17. The Morgan fingerprint density at radius 1 is 1.07 bits per heavy atom. The number of carbonyl (C=O) groups excluding carboxylic acids is 1. The minimum absolute atomic E-state index is 0.0298. The Balaban J connectivity index is 1.57. The van der Waals surface area contributed by atoms with Crippen molar-refractivity contribution in [2.45, 2.75) is 26.3 Å². The predicted octanol–water partition coefficient (Wildman–Crippen LogP) is 4.15. The van der Waals surface area contributed by atoms with Gasteiger partial charge in [-0.15, -0.1) is 0 Å². The number of pyridine rings is 1. The fraction of sp³-hybridized carbons (Fsp3) is 0.174. The lowest BCUT2D eigenvalue weighted by molar-refractivity contribution is -0.121. The largest absolute Gasteiger partial charge is 0.349 e. The van der Waals surface area contributed by atoms with Crippen molar-refractivity contribution >= 4 is 16.7 Å². The molecule has 0 bridgehead atoms. The molecule has 0 fully saturated rings. The van der Waals surface area contributed by atoms with Gasteiger partial charge in [0.15, 0.2) is 0 Å². The SMILES string of the molecule is Cc1c(C(C)NC(=O)Cc2cccnc2)cnn1-c1cccc2ccccc12. The Morgan fingerprint density at radius 2 is 1.89 bits per heavy atom. The van der Waals surface area contributed by atoms with Crippen LogP contribution in [0.1, 0.15) is 29.8 Å². The van der Waals surface area contributed by atoms with Crippen molar-refractivity contribution in [3.63, 3.8) is 0 Å². The topological polar surface area (TPSA) is 59.8 Å². The Bertz CT molecular complexity index is 1110. The molecular weight excluding hydrogens is 348 g/mol. The summed E-state index contributed by atoms with van der Waals surface area (Å²) in [5.41, 5.74) is 3.96. The maximum absolute atomic E-state index is 12.4. The molecule has 0 radical (unpaired) electrons. The third kappa shape index (κ3) is 3.51. The van der Waals surface area contributed by atoms with Crippen LogP contribution in [0.25, 0.3) is 16.5 Å². The highest BCUT2D eigenvalue weighted by molar-refractivity contribution is 5.90. The summed E-state index contributed by atoms with van der Waals surface area (Å²) in [7, 11) is 0. The maximum atomic E-state index is 12.4. The van der Waals surface area contributed by atoms with Crippen molar-refractivity contribution in [3.05, 3.63) is 90.0 Å². The lowest BCUT2D eigenvalue weighted by atomic mass is 10.1. The molecule has 2 aromatic heterocycles. The minimum atomic E-state index is -0.132. The first-order chi connectivity index (χ1) is 13.6. The van der Waals surface area contributed by atoms with E-state index in [1.165, 1.54) is 5.39 Å². The van der Waals surface area contributed by atoms with Crippen molar-refractivity contribution in [2.75, 3.05) is 0 Å². The number of fused-ring (bicyclic) bond motifs is 1. The summed E-state index contributed by atoms with van der Waals surface area (Å²) in [5.74, 6) is -0.0298. The zero-order valence-corrected chi connectivity index (χ0v) is 16.0. The summed E-state index contributed by atoms with van der Waals surface area (Å²) in [6.45, 7) is 4.02. The van der Waals surface area contributed by atoms with Crippen molar-refractivity contribution in [2.24, 2.45) is 0 Å². The van der Waals surface area contributed by atoms with Gasteiger partial charge in [-0.2, -0.15) is 5.10 Å². The third-order valence-corrected chi connectivity index (χ3v) is 4.97. The van der Waals surface area contributed by atoms with Gasteiger partial charge in [0.05, 0.1) is 24.3 Å². The minimum Gasteiger partial charge on any atom is -0.349 e.